The van der Waals surface area contributed by atoms with Crippen LogP contribution >= 0.6 is 0 Å². The van der Waals surface area contributed by atoms with Gasteiger partial charge in [-0.05, 0) is 100.0 Å². The largest absolute Gasteiger partial charge is 0.313 e. The summed E-state index contributed by atoms with van der Waals surface area (Å²) in [5, 5.41) is 8.94. The van der Waals surface area contributed by atoms with Crippen LogP contribution in [0.3, 0.4) is 0 Å². The minimum Gasteiger partial charge on any atom is -0.313 e. The van der Waals surface area contributed by atoms with Crippen LogP contribution in [-0.2, 0) is 0 Å². The molecular weight excluding hydrogens is 713 g/mol. The smallest absolute Gasteiger partial charge is 0.0126 e. The predicted molar refractivity (Wildman–Crippen MR) is 262 cm³/mol. The summed E-state index contributed by atoms with van der Waals surface area (Å²) in [7, 11) is 0. The zero-order valence-electron chi connectivity index (χ0n) is 40.3. The third-order valence-electron chi connectivity index (χ3n) is 17.7. The van der Waals surface area contributed by atoms with Crippen LogP contribution in [0.15, 0.2) is 0 Å². The number of fused-ring (bicyclic) bond motifs is 2. The first kappa shape index (κ1) is 49.9. The van der Waals surface area contributed by atoms with E-state index in [2.05, 4.69) is 10.6 Å². The van der Waals surface area contributed by atoms with Crippen molar-refractivity contribution in [2.45, 2.75) is 314 Å². The molecule has 2 heteroatoms. The van der Waals surface area contributed by atoms with Crippen molar-refractivity contribution in [2.24, 2.45) is 35.5 Å². The van der Waals surface area contributed by atoms with E-state index in [4.69, 9.17) is 0 Å². The number of hydrogen-bond acceptors (Lipinski definition) is 2. The minimum atomic E-state index is 0.783. The van der Waals surface area contributed by atoms with Crippen molar-refractivity contribution in [3.8, 4) is 0 Å². The Morgan fingerprint density at radius 2 is 0.356 bits per heavy atom. The molecule has 0 aromatic heterocycles. The van der Waals surface area contributed by atoms with Gasteiger partial charge in [0, 0.05) is 12.1 Å². The van der Waals surface area contributed by atoms with E-state index in [0.717, 1.165) is 47.6 Å². The van der Waals surface area contributed by atoms with Crippen LogP contribution in [0.2, 0.25) is 0 Å². The predicted octanol–water partition coefficient (Wildman–Crippen LogP) is 18.0. The molecule has 5 fully saturated rings. The van der Waals surface area contributed by atoms with Crippen molar-refractivity contribution in [2.75, 3.05) is 13.1 Å². The van der Waals surface area contributed by atoms with Crippen molar-refractivity contribution in [1.29, 1.82) is 0 Å². The van der Waals surface area contributed by atoms with Crippen LogP contribution in [0, 0.1) is 35.5 Å². The van der Waals surface area contributed by atoms with E-state index in [-0.39, 0.29) is 0 Å². The number of hydrogen-bond donors (Lipinski definition) is 2. The van der Waals surface area contributed by atoms with Gasteiger partial charge in [-0.3, -0.25) is 0 Å². The first-order chi connectivity index (χ1) is 29.4. The molecule has 2 nitrogen and oxygen atoms in total. The maximum atomic E-state index is 4.49. The lowest BCUT2D eigenvalue weighted by molar-refractivity contribution is 0.122. The highest BCUT2D eigenvalue weighted by Gasteiger charge is 2.36. The van der Waals surface area contributed by atoms with E-state index < -0.39 is 0 Å². The van der Waals surface area contributed by atoms with Gasteiger partial charge in [0.15, 0.2) is 0 Å². The van der Waals surface area contributed by atoms with Gasteiger partial charge >= 0.3 is 0 Å². The number of nitrogens with one attached hydrogen (secondary N) is 2. The van der Waals surface area contributed by atoms with Gasteiger partial charge in [-0.1, -0.05) is 250 Å². The lowest BCUT2D eigenvalue weighted by Gasteiger charge is -2.42. The Morgan fingerprint density at radius 1 is 0.169 bits per heavy atom. The maximum Gasteiger partial charge on any atom is 0.0126 e. The molecule has 0 spiro atoms. The van der Waals surface area contributed by atoms with Crippen LogP contribution in [0.25, 0.3) is 0 Å². The fraction of sp³-hybridized carbons (Fsp3) is 1.00. The van der Waals surface area contributed by atoms with Crippen LogP contribution in [0.5, 0.6) is 0 Å². The first-order valence-corrected chi connectivity index (χ1v) is 28.9. The highest BCUT2D eigenvalue weighted by atomic mass is 14.9. The Hall–Kier alpha value is -0.0800. The van der Waals surface area contributed by atoms with Crippen LogP contribution in [0.1, 0.15) is 302 Å². The van der Waals surface area contributed by atoms with E-state index in [9.17, 15) is 0 Å². The second-order valence-corrected chi connectivity index (χ2v) is 22.3. The average molecular weight is 822 g/mol. The zero-order chi connectivity index (χ0) is 40.7. The summed E-state index contributed by atoms with van der Waals surface area (Å²) in [6.07, 6.45) is 70.4. The molecular formula is C57H108N2. The molecule has 6 atom stereocenters. The third-order valence-corrected chi connectivity index (χ3v) is 17.7. The highest BCUT2D eigenvalue weighted by molar-refractivity contribution is 4.91. The van der Waals surface area contributed by atoms with Gasteiger partial charge in [0.2, 0.25) is 0 Å². The fourth-order valence-corrected chi connectivity index (χ4v) is 14.1. The van der Waals surface area contributed by atoms with E-state index in [1.54, 1.807) is 0 Å². The van der Waals surface area contributed by atoms with Gasteiger partial charge in [0.1, 0.15) is 0 Å². The highest BCUT2D eigenvalue weighted by Crippen LogP contribution is 2.42. The standard InChI is InChI=1S/C57H108N2/c1-4-10-18-26-42-52-43-28-20-12-6-3-9-16-24-36-48-58-56(52)54(46-30-22-13-7-1)50-38-32-34-40-51(41-35-33-39-50)55-47-31-23-14-8-2-5-11-19-27-44-53-45-29-21-15-17-25-37-49-59-57(53)55/h50-59H,1-49H2. The lowest BCUT2D eigenvalue weighted by Crippen LogP contribution is -2.46. The Kier molecular flexibility index (Phi) is 28.3. The molecule has 2 N–H and O–H groups in total. The molecule has 0 bridgehead atoms. The van der Waals surface area contributed by atoms with Crippen LogP contribution in [0.4, 0.5) is 0 Å². The molecule has 2 heterocycles. The van der Waals surface area contributed by atoms with Crippen molar-refractivity contribution in [1.82, 2.24) is 10.6 Å². The molecule has 5 rings (SSSR count). The Labute approximate surface area is 371 Å². The average Bonchev–Trinajstić information content (AvgIpc) is 3.30. The van der Waals surface area contributed by atoms with Gasteiger partial charge in [-0.25, -0.2) is 0 Å². The van der Waals surface area contributed by atoms with Gasteiger partial charge in [-0.2, -0.15) is 0 Å². The van der Waals surface area contributed by atoms with E-state index >= 15 is 0 Å². The molecule has 6 unspecified atom stereocenters. The molecule has 346 valence electrons. The SMILES string of the molecule is C1CCCCCNC2C(CCCCC1)CCCCCCCCCCCC2C1CCCCC(C2CCCCCCCCCCCC3CCCCCCCCNC32)CCCC1. The van der Waals surface area contributed by atoms with Gasteiger partial charge in [0.25, 0.3) is 0 Å². The third kappa shape index (κ3) is 21.0. The van der Waals surface area contributed by atoms with E-state index in [0.29, 0.717) is 0 Å². The van der Waals surface area contributed by atoms with Gasteiger partial charge < -0.3 is 10.6 Å². The Balaban J connectivity index is 1.30. The zero-order valence-corrected chi connectivity index (χ0v) is 40.3. The summed E-state index contributed by atoms with van der Waals surface area (Å²) in [5.41, 5.74) is 0. The maximum absolute atomic E-state index is 4.49. The monoisotopic (exact) mass is 821 g/mol. The van der Waals surface area contributed by atoms with Crippen LogP contribution < -0.4 is 10.6 Å². The Bertz CT molecular complexity index is 925. The molecule has 0 radical (unpaired) electrons. The molecule has 2 aliphatic heterocycles. The normalized spacial score (nSPS) is 35.4. The van der Waals surface area contributed by atoms with Crippen molar-refractivity contribution >= 4 is 0 Å². The van der Waals surface area contributed by atoms with Crippen LogP contribution in [-0.4, -0.2) is 25.2 Å². The fourth-order valence-electron chi connectivity index (χ4n) is 14.1. The molecule has 59 heavy (non-hydrogen) atoms. The summed E-state index contributed by atoms with van der Waals surface area (Å²) in [6, 6.07) is 1.57. The second kappa shape index (κ2) is 33.4. The van der Waals surface area contributed by atoms with Crippen molar-refractivity contribution in [3.05, 3.63) is 0 Å². The van der Waals surface area contributed by atoms with E-state index in [1.807, 2.05) is 0 Å². The van der Waals surface area contributed by atoms with Gasteiger partial charge in [0.05, 0.1) is 0 Å². The van der Waals surface area contributed by atoms with Gasteiger partial charge in [-0.15, -0.1) is 0 Å². The van der Waals surface area contributed by atoms with Crippen molar-refractivity contribution < 1.29 is 0 Å². The van der Waals surface area contributed by atoms with E-state index in [1.165, 1.54) is 315 Å². The second-order valence-electron chi connectivity index (χ2n) is 22.3. The molecule has 5 aliphatic rings. The molecule has 0 aromatic carbocycles. The summed E-state index contributed by atoms with van der Waals surface area (Å²) in [4.78, 5) is 0. The summed E-state index contributed by atoms with van der Waals surface area (Å²) < 4.78 is 0. The topological polar surface area (TPSA) is 24.1 Å². The molecule has 0 amide bonds. The summed E-state index contributed by atoms with van der Waals surface area (Å²) in [5.74, 6) is 5.61. The first-order valence-electron chi connectivity index (χ1n) is 28.9. The van der Waals surface area contributed by atoms with Crippen molar-refractivity contribution in [3.63, 3.8) is 0 Å². The molecule has 3 saturated carbocycles. The quantitative estimate of drug-likeness (QED) is 0.290. The Morgan fingerprint density at radius 3 is 0.627 bits per heavy atom. The molecule has 3 aliphatic carbocycles. The molecule has 0 aromatic rings. The summed E-state index contributed by atoms with van der Waals surface area (Å²) in [6.45, 7) is 2.59. The number of rotatable bonds is 2. The molecule has 2 saturated heterocycles. The lowest BCUT2D eigenvalue weighted by atomic mass is 9.68. The minimum absolute atomic E-state index is 0.783. The summed E-state index contributed by atoms with van der Waals surface area (Å²) >= 11 is 0.